The highest BCUT2D eigenvalue weighted by Crippen LogP contribution is 2.20. The van der Waals surface area contributed by atoms with Gasteiger partial charge < -0.3 is 5.32 Å². The van der Waals surface area contributed by atoms with E-state index in [1.165, 1.54) is 12.8 Å². The standard InChI is InChI=1S/C11H24N2/c1-9-6-7-10(8-12-9)13(5)11(2,3)4/h9-10,12H,6-8H2,1-5H3. The third-order valence-corrected chi connectivity index (χ3v) is 3.24. The molecular formula is C11H24N2. The molecule has 0 spiro atoms. The minimum absolute atomic E-state index is 0.299. The molecule has 1 saturated heterocycles. The molecule has 1 aliphatic heterocycles. The summed E-state index contributed by atoms with van der Waals surface area (Å²) in [5.41, 5.74) is 0.299. The van der Waals surface area contributed by atoms with Gasteiger partial charge in [-0.05, 0) is 47.6 Å². The Morgan fingerprint density at radius 2 is 1.85 bits per heavy atom. The van der Waals surface area contributed by atoms with E-state index < -0.39 is 0 Å². The average molecular weight is 184 g/mol. The van der Waals surface area contributed by atoms with E-state index in [2.05, 4.69) is 45.0 Å². The van der Waals surface area contributed by atoms with E-state index in [9.17, 15) is 0 Å². The van der Waals surface area contributed by atoms with Crippen molar-refractivity contribution in [2.75, 3.05) is 13.6 Å². The van der Waals surface area contributed by atoms with Gasteiger partial charge in [-0.1, -0.05) is 0 Å². The van der Waals surface area contributed by atoms with Crippen molar-refractivity contribution in [3.8, 4) is 0 Å². The Labute approximate surface area is 82.7 Å². The highest BCUT2D eigenvalue weighted by Gasteiger charge is 2.27. The number of rotatable bonds is 1. The van der Waals surface area contributed by atoms with Crippen LogP contribution >= 0.6 is 0 Å². The maximum Gasteiger partial charge on any atom is 0.0223 e. The maximum atomic E-state index is 3.54. The second-order valence-electron chi connectivity index (χ2n) is 5.32. The fourth-order valence-electron chi connectivity index (χ4n) is 1.86. The lowest BCUT2D eigenvalue weighted by molar-refractivity contribution is 0.0918. The first-order valence-corrected chi connectivity index (χ1v) is 5.37. The van der Waals surface area contributed by atoms with Gasteiger partial charge in [0.25, 0.3) is 0 Å². The number of nitrogens with zero attached hydrogens (tertiary/aromatic N) is 1. The summed E-state index contributed by atoms with van der Waals surface area (Å²) in [6.45, 7) is 10.3. The minimum atomic E-state index is 0.299. The van der Waals surface area contributed by atoms with Gasteiger partial charge in [0, 0.05) is 24.2 Å². The van der Waals surface area contributed by atoms with Crippen LogP contribution in [0.4, 0.5) is 0 Å². The first-order chi connectivity index (χ1) is 5.91. The van der Waals surface area contributed by atoms with Crippen molar-refractivity contribution in [2.45, 2.75) is 58.2 Å². The Morgan fingerprint density at radius 3 is 2.23 bits per heavy atom. The summed E-state index contributed by atoms with van der Waals surface area (Å²) in [6, 6.07) is 1.43. The predicted octanol–water partition coefficient (Wildman–Crippen LogP) is 1.86. The van der Waals surface area contributed by atoms with Gasteiger partial charge in [-0.25, -0.2) is 0 Å². The molecule has 78 valence electrons. The second kappa shape index (κ2) is 3.97. The second-order valence-corrected chi connectivity index (χ2v) is 5.32. The fraction of sp³-hybridized carbons (Fsp3) is 1.00. The Hall–Kier alpha value is -0.0800. The van der Waals surface area contributed by atoms with Crippen molar-refractivity contribution in [3.05, 3.63) is 0 Å². The molecule has 2 heteroatoms. The largest absolute Gasteiger partial charge is 0.313 e. The molecule has 0 aromatic heterocycles. The van der Waals surface area contributed by atoms with Crippen molar-refractivity contribution in [2.24, 2.45) is 0 Å². The molecule has 0 amide bonds. The van der Waals surface area contributed by atoms with Crippen LogP contribution in [0.3, 0.4) is 0 Å². The summed E-state index contributed by atoms with van der Waals surface area (Å²) in [7, 11) is 2.24. The van der Waals surface area contributed by atoms with Gasteiger partial charge in [0.15, 0.2) is 0 Å². The van der Waals surface area contributed by atoms with Crippen molar-refractivity contribution in [1.82, 2.24) is 10.2 Å². The molecule has 1 N–H and O–H groups in total. The summed E-state index contributed by atoms with van der Waals surface area (Å²) < 4.78 is 0. The van der Waals surface area contributed by atoms with Crippen LogP contribution in [0, 0.1) is 0 Å². The van der Waals surface area contributed by atoms with E-state index in [1.807, 2.05) is 0 Å². The smallest absolute Gasteiger partial charge is 0.0223 e. The van der Waals surface area contributed by atoms with Gasteiger partial charge in [-0.3, -0.25) is 4.90 Å². The molecule has 0 aromatic rings. The van der Waals surface area contributed by atoms with Gasteiger partial charge in [-0.2, -0.15) is 0 Å². The predicted molar refractivity (Wildman–Crippen MR) is 58.0 cm³/mol. The summed E-state index contributed by atoms with van der Waals surface area (Å²) in [6.07, 6.45) is 2.65. The van der Waals surface area contributed by atoms with Crippen molar-refractivity contribution < 1.29 is 0 Å². The summed E-state index contributed by atoms with van der Waals surface area (Å²) in [5.74, 6) is 0. The molecule has 1 rings (SSSR count). The molecule has 13 heavy (non-hydrogen) atoms. The molecule has 2 atom stereocenters. The van der Waals surface area contributed by atoms with Crippen LogP contribution in [-0.2, 0) is 0 Å². The molecule has 1 aliphatic rings. The lowest BCUT2D eigenvalue weighted by Gasteiger charge is -2.42. The van der Waals surface area contributed by atoms with Crippen LogP contribution in [0.5, 0.6) is 0 Å². The van der Waals surface area contributed by atoms with Crippen LogP contribution in [0.2, 0.25) is 0 Å². The highest BCUT2D eigenvalue weighted by molar-refractivity contribution is 4.86. The zero-order valence-electron chi connectivity index (χ0n) is 9.72. The monoisotopic (exact) mass is 184 g/mol. The topological polar surface area (TPSA) is 15.3 Å². The third-order valence-electron chi connectivity index (χ3n) is 3.24. The van der Waals surface area contributed by atoms with E-state index in [0.29, 0.717) is 11.6 Å². The highest BCUT2D eigenvalue weighted by atomic mass is 15.2. The van der Waals surface area contributed by atoms with Gasteiger partial charge in [-0.15, -0.1) is 0 Å². The van der Waals surface area contributed by atoms with Gasteiger partial charge in [0.05, 0.1) is 0 Å². The molecule has 0 aromatic carbocycles. The first-order valence-electron chi connectivity index (χ1n) is 5.37. The zero-order valence-corrected chi connectivity index (χ0v) is 9.72. The Kier molecular flexibility index (Phi) is 3.36. The molecule has 0 radical (unpaired) electrons. The lowest BCUT2D eigenvalue weighted by atomic mass is 9.96. The quantitative estimate of drug-likeness (QED) is 0.669. The fourth-order valence-corrected chi connectivity index (χ4v) is 1.86. The van der Waals surface area contributed by atoms with Gasteiger partial charge >= 0.3 is 0 Å². The molecule has 2 nitrogen and oxygen atoms in total. The molecule has 1 heterocycles. The molecule has 1 fully saturated rings. The average Bonchev–Trinajstić information content (AvgIpc) is 2.03. The van der Waals surface area contributed by atoms with Crippen LogP contribution in [0.25, 0.3) is 0 Å². The summed E-state index contributed by atoms with van der Waals surface area (Å²) in [4.78, 5) is 2.49. The van der Waals surface area contributed by atoms with Crippen molar-refractivity contribution in [3.63, 3.8) is 0 Å². The minimum Gasteiger partial charge on any atom is -0.313 e. The van der Waals surface area contributed by atoms with Crippen molar-refractivity contribution >= 4 is 0 Å². The van der Waals surface area contributed by atoms with E-state index in [-0.39, 0.29) is 0 Å². The maximum absolute atomic E-state index is 3.54. The van der Waals surface area contributed by atoms with Crippen molar-refractivity contribution in [1.29, 1.82) is 0 Å². The number of piperidine rings is 1. The summed E-state index contributed by atoms with van der Waals surface area (Å²) >= 11 is 0. The van der Waals surface area contributed by atoms with Crippen LogP contribution in [0.15, 0.2) is 0 Å². The van der Waals surface area contributed by atoms with E-state index in [0.717, 1.165) is 12.6 Å². The van der Waals surface area contributed by atoms with E-state index in [1.54, 1.807) is 0 Å². The molecule has 0 saturated carbocycles. The Balaban J connectivity index is 2.45. The normalized spacial score (nSPS) is 30.9. The lowest BCUT2D eigenvalue weighted by Crippen LogP contribution is -2.53. The molecular weight excluding hydrogens is 160 g/mol. The Bertz CT molecular complexity index is 152. The van der Waals surface area contributed by atoms with Crippen LogP contribution < -0.4 is 5.32 Å². The van der Waals surface area contributed by atoms with Gasteiger partial charge in [0.1, 0.15) is 0 Å². The molecule has 0 bridgehead atoms. The van der Waals surface area contributed by atoms with E-state index >= 15 is 0 Å². The van der Waals surface area contributed by atoms with Crippen LogP contribution in [0.1, 0.15) is 40.5 Å². The number of hydrogen-bond acceptors (Lipinski definition) is 2. The third kappa shape index (κ3) is 2.96. The van der Waals surface area contributed by atoms with Crippen LogP contribution in [-0.4, -0.2) is 36.1 Å². The number of hydrogen-bond donors (Lipinski definition) is 1. The van der Waals surface area contributed by atoms with E-state index in [4.69, 9.17) is 0 Å². The first kappa shape index (κ1) is 11.0. The molecule has 2 unspecified atom stereocenters. The summed E-state index contributed by atoms with van der Waals surface area (Å²) in [5, 5.41) is 3.54. The van der Waals surface area contributed by atoms with Gasteiger partial charge in [0.2, 0.25) is 0 Å². The number of nitrogens with one attached hydrogen (secondary N) is 1. The SMILES string of the molecule is CC1CCC(N(C)C(C)(C)C)CN1. The number of likely N-dealkylation sites (N-methyl/N-ethyl adjacent to an activating group) is 1. The molecule has 0 aliphatic carbocycles. The Morgan fingerprint density at radius 1 is 1.23 bits per heavy atom. The zero-order chi connectivity index (χ0) is 10.1.